The Hall–Kier alpha value is -1.79. The van der Waals surface area contributed by atoms with Crippen LogP contribution >= 0.6 is 31.9 Å². The zero-order valence-corrected chi connectivity index (χ0v) is 15.4. The maximum Gasteiger partial charge on any atom is 0.337 e. The highest BCUT2D eigenvalue weighted by atomic mass is 79.9. The van der Waals surface area contributed by atoms with Gasteiger partial charge in [-0.25, -0.2) is 4.79 Å². The van der Waals surface area contributed by atoms with Crippen molar-refractivity contribution in [3.05, 3.63) is 80.3 Å². The quantitative estimate of drug-likeness (QED) is 0.574. The fourth-order valence-electron chi connectivity index (χ4n) is 2.56. The smallest absolute Gasteiger partial charge is 0.337 e. The van der Waals surface area contributed by atoms with Gasteiger partial charge < -0.3 is 14.7 Å². The summed E-state index contributed by atoms with van der Waals surface area (Å²) in [6.45, 7) is 0. The molecule has 0 amide bonds. The first-order valence-corrected chi connectivity index (χ1v) is 8.54. The van der Waals surface area contributed by atoms with Gasteiger partial charge in [0.1, 0.15) is 0 Å². The minimum absolute atomic E-state index is 0.0132. The maximum absolute atomic E-state index is 11.6. The average Bonchev–Trinajstić information content (AvgIpc) is 3.17. The molecule has 118 valence electrons. The van der Waals surface area contributed by atoms with Crippen LogP contribution in [-0.4, -0.2) is 23.0 Å². The van der Waals surface area contributed by atoms with Gasteiger partial charge >= 0.3 is 5.97 Å². The summed E-state index contributed by atoms with van der Waals surface area (Å²) in [5, 5.41) is 0. The Balaban J connectivity index is 2.03. The van der Waals surface area contributed by atoms with Crippen molar-refractivity contribution in [3.8, 4) is 0 Å². The van der Waals surface area contributed by atoms with Crippen LogP contribution in [0.3, 0.4) is 0 Å². The van der Waals surface area contributed by atoms with Crippen molar-refractivity contribution >= 4 is 37.8 Å². The van der Waals surface area contributed by atoms with E-state index < -0.39 is 0 Å². The third-order valence-electron chi connectivity index (χ3n) is 3.63. The van der Waals surface area contributed by atoms with Crippen molar-refractivity contribution < 1.29 is 9.53 Å². The van der Waals surface area contributed by atoms with Crippen LogP contribution < -0.4 is 0 Å². The molecule has 23 heavy (non-hydrogen) atoms. The Labute approximate surface area is 150 Å². The van der Waals surface area contributed by atoms with Gasteiger partial charge in [-0.1, -0.05) is 12.1 Å². The number of rotatable bonds is 4. The topological polar surface area (TPSA) is 57.9 Å². The average molecular weight is 438 g/mol. The van der Waals surface area contributed by atoms with Crippen LogP contribution in [-0.2, 0) is 4.74 Å². The second-order valence-corrected chi connectivity index (χ2v) is 6.78. The first kappa shape index (κ1) is 16.1. The molecule has 2 aromatic heterocycles. The molecule has 0 unspecified atom stereocenters. The molecule has 6 heteroatoms. The first-order valence-electron chi connectivity index (χ1n) is 6.95. The molecule has 3 aromatic rings. The fourth-order valence-corrected chi connectivity index (χ4v) is 3.28. The number of halogens is 2. The molecule has 0 spiro atoms. The Morgan fingerprint density at radius 2 is 1.43 bits per heavy atom. The summed E-state index contributed by atoms with van der Waals surface area (Å²) in [6.07, 6.45) is 0. The maximum atomic E-state index is 11.6. The summed E-state index contributed by atoms with van der Waals surface area (Å²) < 4.78 is 6.60. The van der Waals surface area contributed by atoms with Crippen LogP contribution in [0.25, 0.3) is 0 Å². The van der Waals surface area contributed by atoms with Crippen LogP contribution in [0.1, 0.15) is 33.2 Å². The molecular weight excluding hydrogens is 424 g/mol. The van der Waals surface area contributed by atoms with E-state index >= 15 is 0 Å². The highest BCUT2D eigenvalue weighted by molar-refractivity contribution is 9.10. The number of hydrogen-bond acceptors (Lipinski definition) is 2. The summed E-state index contributed by atoms with van der Waals surface area (Å²) in [5.74, 6) is -0.322. The second kappa shape index (κ2) is 6.76. The van der Waals surface area contributed by atoms with Gasteiger partial charge in [0.2, 0.25) is 0 Å². The number of benzene rings is 1. The Kier molecular flexibility index (Phi) is 4.73. The highest BCUT2D eigenvalue weighted by Gasteiger charge is 2.20. The second-order valence-electron chi connectivity index (χ2n) is 5.07. The number of methoxy groups -OCH3 is 1. The number of hydrogen-bond donors (Lipinski definition) is 2. The summed E-state index contributed by atoms with van der Waals surface area (Å²) in [6, 6.07) is 15.5. The number of esters is 1. The van der Waals surface area contributed by atoms with E-state index in [1.54, 1.807) is 12.1 Å². The normalized spacial score (nSPS) is 11.0. The van der Waals surface area contributed by atoms with E-state index in [9.17, 15) is 4.79 Å². The van der Waals surface area contributed by atoms with Crippen molar-refractivity contribution in [2.24, 2.45) is 0 Å². The van der Waals surface area contributed by atoms with Crippen LogP contribution in [0.15, 0.2) is 57.7 Å². The predicted molar refractivity (Wildman–Crippen MR) is 95.7 cm³/mol. The van der Waals surface area contributed by atoms with Gasteiger partial charge in [-0.05, 0) is 73.8 Å². The lowest BCUT2D eigenvalue weighted by molar-refractivity contribution is 0.0600. The summed E-state index contributed by atoms with van der Waals surface area (Å²) in [7, 11) is 1.38. The van der Waals surface area contributed by atoms with Crippen molar-refractivity contribution in [3.63, 3.8) is 0 Å². The molecule has 0 fully saturated rings. The van der Waals surface area contributed by atoms with Crippen molar-refractivity contribution in [2.75, 3.05) is 7.11 Å². The standard InChI is InChI=1S/C17H14Br2N2O2/c1-23-17(22)11-4-2-10(3-5-11)16(12-6-8-14(18)20-12)13-7-9-15(19)21-13/h2-9,16,20-21H,1H3. The lowest BCUT2D eigenvalue weighted by Crippen LogP contribution is -2.06. The molecule has 0 bridgehead atoms. The molecular formula is C17H14Br2N2O2. The number of aromatic nitrogens is 2. The van der Waals surface area contributed by atoms with Gasteiger partial charge in [-0.2, -0.15) is 0 Å². The van der Waals surface area contributed by atoms with Gasteiger partial charge in [-0.3, -0.25) is 0 Å². The van der Waals surface area contributed by atoms with Crippen LogP contribution in [0, 0.1) is 0 Å². The molecule has 0 aliphatic heterocycles. The lowest BCUT2D eigenvalue weighted by atomic mass is 9.92. The number of H-pyrrole nitrogens is 2. The minimum Gasteiger partial charge on any atom is -0.465 e. The number of aromatic amines is 2. The van der Waals surface area contributed by atoms with Crippen LogP contribution in [0.4, 0.5) is 0 Å². The highest BCUT2D eigenvalue weighted by Crippen LogP contribution is 2.32. The predicted octanol–water partition coefficient (Wildman–Crippen LogP) is 4.83. The number of ether oxygens (including phenoxy) is 1. The molecule has 0 aliphatic carbocycles. The summed E-state index contributed by atoms with van der Waals surface area (Å²) >= 11 is 6.91. The molecule has 3 rings (SSSR count). The van der Waals surface area contributed by atoms with Crippen molar-refractivity contribution in [1.82, 2.24) is 9.97 Å². The molecule has 1 aromatic carbocycles. The van der Waals surface area contributed by atoms with Crippen molar-refractivity contribution in [1.29, 1.82) is 0 Å². The molecule has 2 heterocycles. The number of carbonyl (C=O) groups is 1. The van der Waals surface area contributed by atoms with Crippen LogP contribution in [0.5, 0.6) is 0 Å². The van der Waals surface area contributed by atoms with E-state index in [1.165, 1.54) is 7.11 Å². The summed E-state index contributed by atoms with van der Waals surface area (Å²) in [5.41, 5.74) is 3.71. The number of carbonyl (C=O) groups excluding carboxylic acids is 1. The lowest BCUT2D eigenvalue weighted by Gasteiger charge is -2.16. The molecule has 2 N–H and O–H groups in total. The fraction of sp³-hybridized carbons (Fsp3) is 0.118. The summed E-state index contributed by atoms with van der Waals surface area (Å²) in [4.78, 5) is 18.2. The zero-order valence-electron chi connectivity index (χ0n) is 12.3. The van der Waals surface area contributed by atoms with Crippen LogP contribution in [0.2, 0.25) is 0 Å². The molecule has 0 saturated carbocycles. The van der Waals surface area contributed by atoms with E-state index in [-0.39, 0.29) is 11.9 Å². The third kappa shape index (κ3) is 3.43. The van der Waals surface area contributed by atoms with Gasteiger partial charge in [0.15, 0.2) is 0 Å². The number of nitrogens with one attached hydrogen (secondary N) is 2. The molecule has 4 nitrogen and oxygen atoms in total. The monoisotopic (exact) mass is 436 g/mol. The zero-order chi connectivity index (χ0) is 16.4. The SMILES string of the molecule is COC(=O)c1ccc(C(c2ccc(Br)[nH]2)c2ccc(Br)[nH]2)cc1. The third-order valence-corrected chi connectivity index (χ3v) is 4.56. The van der Waals surface area contributed by atoms with E-state index in [2.05, 4.69) is 41.8 Å². The molecule has 0 saturated heterocycles. The Morgan fingerprint density at radius 1 is 0.913 bits per heavy atom. The minimum atomic E-state index is -0.335. The van der Waals surface area contributed by atoms with E-state index in [4.69, 9.17) is 4.74 Å². The van der Waals surface area contributed by atoms with E-state index in [0.29, 0.717) is 5.56 Å². The molecule has 0 radical (unpaired) electrons. The first-order chi connectivity index (χ1) is 11.1. The largest absolute Gasteiger partial charge is 0.465 e. The van der Waals surface area contributed by atoms with Crippen molar-refractivity contribution in [2.45, 2.75) is 5.92 Å². The van der Waals surface area contributed by atoms with E-state index in [0.717, 1.165) is 26.2 Å². The van der Waals surface area contributed by atoms with Gasteiger partial charge in [0.25, 0.3) is 0 Å². The molecule has 0 aliphatic rings. The van der Waals surface area contributed by atoms with Gasteiger partial charge in [0, 0.05) is 11.4 Å². The Morgan fingerprint density at radius 3 is 1.83 bits per heavy atom. The van der Waals surface area contributed by atoms with E-state index in [1.807, 2.05) is 36.4 Å². The molecule has 0 atom stereocenters. The van der Waals surface area contributed by atoms with Gasteiger partial charge in [0.05, 0.1) is 27.8 Å². The van der Waals surface area contributed by atoms with Gasteiger partial charge in [-0.15, -0.1) is 0 Å². The Bertz CT molecular complexity index is 781.